The number of piperidine rings is 1. The molecule has 1 fully saturated rings. The molecule has 0 spiro atoms. The lowest BCUT2D eigenvalue weighted by Crippen LogP contribution is -2.37. The van der Waals surface area contributed by atoms with E-state index >= 15 is 0 Å². The van der Waals surface area contributed by atoms with Gasteiger partial charge in [0.1, 0.15) is 13.2 Å². The zero-order valence-electron chi connectivity index (χ0n) is 20.7. The molecule has 1 aliphatic rings. The standard InChI is InChI=1S/C29H30N2O5/c1-5-13-35-25-9-7-21(17-27(25)33-3)15-23-19-31(12-11-30)20-24(29(23)32)16-22-8-10-26(36-14-6-2)28(18-22)34-4/h5-10,15-18H,1-2,12-14,19-20H2,3-4H3/b23-15-,24-16+. The molecule has 0 atom stereocenters. The van der Waals surface area contributed by atoms with Gasteiger partial charge < -0.3 is 18.9 Å². The molecule has 0 saturated carbocycles. The van der Waals surface area contributed by atoms with Crippen molar-refractivity contribution in [3.63, 3.8) is 0 Å². The third-order valence-electron chi connectivity index (χ3n) is 5.44. The molecular formula is C29H30N2O5. The summed E-state index contributed by atoms with van der Waals surface area (Å²) in [6.07, 6.45) is 6.97. The fourth-order valence-corrected chi connectivity index (χ4v) is 3.81. The van der Waals surface area contributed by atoms with Crippen molar-refractivity contribution in [3.8, 4) is 29.1 Å². The Kier molecular flexibility index (Phi) is 9.49. The molecule has 0 aromatic heterocycles. The second-order valence-electron chi connectivity index (χ2n) is 7.99. The molecule has 7 nitrogen and oxygen atoms in total. The lowest BCUT2D eigenvalue weighted by molar-refractivity contribution is -0.113. The predicted octanol–water partition coefficient (Wildman–Crippen LogP) is 4.71. The van der Waals surface area contributed by atoms with Crippen LogP contribution in [0.5, 0.6) is 23.0 Å². The zero-order valence-corrected chi connectivity index (χ0v) is 20.7. The zero-order chi connectivity index (χ0) is 25.9. The summed E-state index contributed by atoms with van der Waals surface area (Å²) in [5.41, 5.74) is 2.76. The van der Waals surface area contributed by atoms with Crippen molar-refractivity contribution in [1.29, 1.82) is 5.26 Å². The number of rotatable bonds is 11. The molecule has 0 unspecified atom stereocenters. The molecule has 0 aliphatic carbocycles. The number of likely N-dealkylation sites (tertiary alicyclic amines) is 1. The maximum atomic E-state index is 13.4. The highest BCUT2D eigenvalue weighted by Crippen LogP contribution is 2.32. The van der Waals surface area contributed by atoms with E-state index in [9.17, 15) is 10.1 Å². The maximum absolute atomic E-state index is 13.4. The molecule has 1 heterocycles. The van der Waals surface area contributed by atoms with Crippen LogP contribution in [0.4, 0.5) is 0 Å². The molecule has 0 N–H and O–H groups in total. The molecule has 2 aromatic carbocycles. The largest absolute Gasteiger partial charge is 0.493 e. The van der Waals surface area contributed by atoms with Crippen LogP contribution in [0.1, 0.15) is 11.1 Å². The van der Waals surface area contributed by atoms with Crippen LogP contribution in [-0.4, -0.2) is 57.8 Å². The molecule has 0 amide bonds. The summed E-state index contributed by atoms with van der Waals surface area (Å²) in [4.78, 5) is 15.4. The highest BCUT2D eigenvalue weighted by molar-refractivity contribution is 6.14. The van der Waals surface area contributed by atoms with E-state index in [1.807, 2.05) is 41.3 Å². The molecule has 186 valence electrons. The second-order valence-corrected chi connectivity index (χ2v) is 7.99. The smallest absolute Gasteiger partial charge is 0.187 e. The van der Waals surface area contributed by atoms with E-state index < -0.39 is 0 Å². The molecule has 7 heteroatoms. The van der Waals surface area contributed by atoms with E-state index in [0.29, 0.717) is 60.4 Å². The lowest BCUT2D eigenvalue weighted by atomic mass is 9.94. The molecule has 1 aliphatic heterocycles. The van der Waals surface area contributed by atoms with Gasteiger partial charge in [0.25, 0.3) is 0 Å². The van der Waals surface area contributed by atoms with Gasteiger partial charge in [-0.25, -0.2) is 0 Å². The summed E-state index contributed by atoms with van der Waals surface area (Å²) in [5, 5.41) is 9.29. The Labute approximate surface area is 212 Å². The van der Waals surface area contributed by atoms with Crippen LogP contribution < -0.4 is 18.9 Å². The molecular weight excluding hydrogens is 456 g/mol. The minimum absolute atomic E-state index is 0.0684. The van der Waals surface area contributed by atoms with Crippen molar-refractivity contribution < 1.29 is 23.7 Å². The van der Waals surface area contributed by atoms with Gasteiger partial charge in [-0.2, -0.15) is 5.26 Å². The SMILES string of the molecule is C=CCOc1ccc(/C=C2/CN(CC#N)C/C(=C\c3ccc(OCC=C)c(OC)c3)C2=O)cc1OC. The minimum Gasteiger partial charge on any atom is -0.493 e. The number of carbonyl (C=O) groups is 1. The summed E-state index contributed by atoms with van der Waals surface area (Å²) < 4.78 is 22.1. The average molecular weight is 487 g/mol. The number of hydrogen-bond acceptors (Lipinski definition) is 7. The molecule has 0 radical (unpaired) electrons. The number of benzene rings is 2. The fourth-order valence-electron chi connectivity index (χ4n) is 3.81. The maximum Gasteiger partial charge on any atom is 0.187 e. The molecule has 36 heavy (non-hydrogen) atoms. The first kappa shape index (κ1) is 26.3. The van der Waals surface area contributed by atoms with Gasteiger partial charge in [-0.15, -0.1) is 0 Å². The topological polar surface area (TPSA) is 81.0 Å². The summed E-state index contributed by atoms with van der Waals surface area (Å²) in [6.45, 7) is 8.99. The number of methoxy groups -OCH3 is 2. The highest BCUT2D eigenvalue weighted by atomic mass is 16.5. The van der Waals surface area contributed by atoms with E-state index in [4.69, 9.17) is 18.9 Å². The third-order valence-corrected chi connectivity index (χ3v) is 5.44. The Balaban J connectivity index is 1.94. The second kappa shape index (κ2) is 13.0. The average Bonchev–Trinajstić information content (AvgIpc) is 2.89. The molecule has 3 rings (SSSR count). The number of nitriles is 1. The van der Waals surface area contributed by atoms with Crippen molar-refractivity contribution in [1.82, 2.24) is 4.90 Å². The van der Waals surface area contributed by atoms with E-state index in [-0.39, 0.29) is 12.3 Å². The third kappa shape index (κ3) is 6.65. The number of ether oxygens (including phenoxy) is 4. The van der Waals surface area contributed by atoms with E-state index in [1.54, 1.807) is 38.5 Å². The van der Waals surface area contributed by atoms with Crippen LogP contribution in [0.2, 0.25) is 0 Å². The summed E-state index contributed by atoms with van der Waals surface area (Å²) in [5.74, 6) is 2.24. The van der Waals surface area contributed by atoms with Crippen molar-refractivity contribution in [2.45, 2.75) is 0 Å². The van der Waals surface area contributed by atoms with E-state index in [2.05, 4.69) is 19.2 Å². The number of hydrogen-bond donors (Lipinski definition) is 0. The minimum atomic E-state index is -0.0684. The predicted molar refractivity (Wildman–Crippen MR) is 140 cm³/mol. The van der Waals surface area contributed by atoms with Crippen LogP contribution in [0, 0.1) is 11.3 Å². The lowest BCUT2D eigenvalue weighted by Gasteiger charge is -2.27. The number of Topliss-reactive ketones (excluding diaryl/α,β-unsaturated/α-hetero) is 1. The van der Waals surface area contributed by atoms with Gasteiger partial charge in [0.15, 0.2) is 28.8 Å². The summed E-state index contributed by atoms with van der Waals surface area (Å²) >= 11 is 0. The van der Waals surface area contributed by atoms with Crippen LogP contribution in [0.25, 0.3) is 12.2 Å². The van der Waals surface area contributed by atoms with E-state index in [1.165, 1.54) is 0 Å². The number of ketones is 1. The highest BCUT2D eigenvalue weighted by Gasteiger charge is 2.26. The summed E-state index contributed by atoms with van der Waals surface area (Å²) in [6, 6.07) is 13.1. The van der Waals surface area contributed by atoms with Gasteiger partial charge in [0.2, 0.25) is 0 Å². The molecule has 0 bridgehead atoms. The Morgan fingerprint density at radius 2 is 1.33 bits per heavy atom. The summed E-state index contributed by atoms with van der Waals surface area (Å²) in [7, 11) is 3.13. The van der Waals surface area contributed by atoms with Gasteiger partial charge >= 0.3 is 0 Å². The fraction of sp³-hybridized carbons (Fsp3) is 0.241. The normalized spacial score (nSPS) is 15.9. The van der Waals surface area contributed by atoms with Gasteiger partial charge in [-0.1, -0.05) is 37.4 Å². The van der Waals surface area contributed by atoms with Crippen molar-refractivity contribution >= 4 is 17.9 Å². The Morgan fingerprint density at radius 1 is 0.861 bits per heavy atom. The van der Waals surface area contributed by atoms with Crippen molar-refractivity contribution in [3.05, 3.63) is 84.0 Å². The Hall–Kier alpha value is -4.28. The van der Waals surface area contributed by atoms with Gasteiger partial charge in [0.05, 0.1) is 26.8 Å². The van der Waals surface area contributed by atoms with Gasteiger partial charge in [-0.05, 0) is 47.5 Å². The first-order valence-corrected chi connectivity index (χ1v) is 11.4. The number of nitrogens with zero attached hydrogens (tertiary/aromatic N) is 2. The first-order valence-electron chi connectivity index (χ1n) is 11.4. The number of carbonyl (C=O) groups excluding carboxylic acids is 1. The van der Waals surface area contributed by atoms with Crippen LogP contribution in [-0.2, 0) is 4.79 Å². The van der Waals surface area contributed by atoms with Crippen LogP contribution in [0.3, 0.4) is 0 Å². The first-order chi connectivity index (χ1) is 17.5. The molecule has 2 aromatic rings. The Morgan fingerprint density at radius 3 is 1.72 bits per heavy atom. The molecule has 1 saturated heterocycles. The monoisotopic (exact) mass is 486 g/mol. The van der Waals surface area contributed by atoms with Crippen molar-refractivity contribution in [2.75, 3.05) is 47.1 Å². The Bertz CT molecular complexity index is 1140. The van der Waals surface area contributed by atoms with E-state index in [0.717, 1.165) is 11.1 Å². The van der Waals surface area contributed by atoms with Gasteiger partial charge in [-0.3, -0.25) is 9.69 Å². The van der Waals surface area contributed by atoms with Crippen LogP contribution >= 0.6 is 0 Å². The van der Waals surface area contributed by atoms with Gasteiger partial charge in [0, 0.05) is 24.2 Å². The van der Waals surface area contributed by atoms with Crippen molar-refractivity contribution in [2.24, 2.45) is 0 Å². The van der Waals surface area contributed by atoms with Crippen LogP contribution in [0.15, 0.2) is 72.9 Å². The quantitative estimate of drug-likeness (QED) is 0.259.